The highest BCUT2D eigenvalue weighted by Gasteiger charge is 2.10. The van der Waals surface area contributed by atoms with Crippen molar-refractivity contribution >= 4 is 35.0 Å². The molecule has 34 heavy (non-hydrogen) atoms. The molecule has 2 aromatic heterocycles. The zero-order valence-electron chi connectivity index (χ0n) is 17.8. The number of nitrogens with one attached hydrogen (secondary N) is 4. The molecule has 0 bridgehead atoms. The predicted molar refractivity (Wildman–Crippen MR) is 127 cm³/mol. The molecule has 0 aliphatic carbocycles. The number of hydrogen-bond donors (Lipinski definition) is 4. The van der Waals surface area contributed by atoms with E-state index in [9.17, 15) is 9.59 Å². The van der Waals surface area contributed by atoms with E-state index in [0.717, 1.165) is 5.75 Å². The van der Waals surface area contributed by atoms with Crippen LogP contribution in [0.1, 0.15) is 22.0 Å². The summed E-state index contributed by atoms with van der Waals surface area (Å²) in [5.74, 6) is 1.66. The zero-order valence-corrected chi connectivity index (χ0v) is 18.5. The van der Waals surface area contributed by atoms with Crippen molar-refractivity contribution in [2.45, 2.75) is 13.2 Å². The van der Waals surface area contributed by atoms with Crippen LogP contribution in [0.4, 0.5) is 16.3 Å². The van der Waals surface area contributed by atoms with Crippen molar-refractivity contribution in [1.82, 2.24) is 25.5 Å². The number of aromatic nitrogens is 4. The van der Waals surface area contributed by atoms with E-state index in [2.05, 4.69) is 36.1 Å². The molecule has 10 nitrogen and oxygen atoms in total. The number of aromatic amines is 1. The molecule has 2 aromatic carbocycles. The minimum atomic E-state index is -0.469. The molecule has 3 amide bonds. The molecule has 0 atom stereocenters. The molecule has 0 aliphatic rings. The second-order valence-corrected chi connectivity index (χ2v) is 7.44. The van der Waals surface area contributed by atoms with Crippen LogP contribution in [0, 0.1) is 0 Å². The van der Waals surface area contributed by atoms with Gasteiger partial charge in [0.2, 0.25) is 0 Å². The Kier molecular flexibility index (Phi) is 7.31. The number of halogens is 1. The van der Waals surface area contributed by atoms with Gasteiger partial charge in [0.05, 0.1) is 11.6 Å². The predicted octanol–water partition coefficient (Wildman–Crippen LogP) is 4.01. The molecule has 0 saturated carbocycles. The quantitative estimate of drug-likeness (QED) is 0.303. The lowest BCUT2D eigenvalue weighted by atomic mass is 10.2. The van der Waals surface area contributed by atoms with Gasteiger partial charge in [-0.1, -0.05) is 35.9 Å². The van der Waals surface area contributed by atoms with Gasteiger partial charge in [0, 0.05) is 17.4 Å². The summed E-state index contributed by atoms with van der Waals surface area (Å²) < 4.78 is 5.61. The number of hydrogen-bond acceptors (Lipinski definition) is 6. The molecule has 0 aliphatic heterocycles. The van der Waals surface area contributed by atoms with Gasteiger partial charge in [-0.05, 0) is 42.5 Å². The van der Waals surface area contributed by atoms with Crippen molar-refractivity contribution < 1.29 is 14.3 Å². The van der Waals surface area contributed by atoms with Crippen LogP contribution in [0.15, 0.2) is 72.9 Å². The first-order valence-corrected chi connectivity index (χ1v) is 10.6. The summed E-state index contributed by atoms with van der Waals surface area (Å²) in [6.07, 6.45) is 1.44. The number of nitrogens with zero attached hydrogens (tertiary/aromatic N) is 3. The number of carbonyl (C=O) groups excluding carboxylic acids is 2. The van der Waals surface area contributed by atoms with E-state index in [1.807, 2.05) is 30.3 Å². The lowest BCUT2D eigenvalue weighted by molar-refractivity contribution is 0.102. The highest BCUT2D eigenvalue weighted by Crippen LogP contribution is 2.14. The number of amides is 3. The molecule has 0 unspecified atom stereocenters. The smallest absolute Gasteiger partial charge is 0.319 e. The average Bonchev–Trinajstić information content (AvgIpc) is 3.32. The molecule has 172 valence electrons. The minimum Gasteiger partial charge on any atom is -0.486 e. The van der Waals surface area contributed by atoms with Crippen LogP contribution in [-0.2, 0) is 13.2 Å². The highest BCUT2D eigenvalue weighted by atomic mass is 35.5. The van der Waals surface area contributed by atoms with Crippen LogP contribution in [0.25, 0.3) is 0 Å². The van der Waals surface area contributed by atoms with Crippen molar-refractivity contribution in [3.8, 4) is 5.75 Å². The van der Waals surface area contributed by atoms with Crippen molar-refractivity contribution in [3.05, 3.63) is 95.2 Å². The number of carbonyl (C=O) groups is 2. The number of benzene rings is 2. The molecular formula is C23H20ClN7O3. The fourth-order valence-corrected chi connectivity index (χ4v) is 2.97. The third-order valence-electron chi connectivity index (χ3n) is 4.46. The van der Waals surface area contributed by atoms with Crippen molar-refractivity contribution in [2.24, 2.45) is 0 Å². The molecular weight excluding hydrogens is 458 g/mol. The minimum absolute atomic E-state index is 0.107. The van der Waals surface area contributed by atoms with Gasteiger partial charge in [0.15, 0.2) is 11.6 Å². The summed E-state index contributed by atoms with van der Waals surface area (Å²) >= 11 is 5.80. The van der Waals surface area contributed by atoms with Gasteiger partial charge in [-0.2, -0.15) is 5.10 Å². The van der Waals surface area contributed by atoms with E-state index < -0.39 is 6.03 Å². The Morgan fingerprint density at radius 1 is 1.00 bits per heavy atom. The number of urea groups is 1. The summed E-state index contributed by atoms with van der Waals surface area (Å²) in [5, 5.41) is 15.3. The van der Waals surface area contributed by atoms with Crippen LogP contribution >= 0.6 is 11.6 Å². The fraction of sp³-hybridized carbons (Fsp3) is 0.0870. The first kappa shape index (κ1) is 22.7. The third kappa shape index (κ3) is 6.53. The van der Waals surface area contributed by atoms with Crippen LogP contribution in [0.2, 0.25) is 5.02 Å². The molecule has 11 heteroatoms. The van der Waals surface area contributed by atoms with E-state index >= 15 is 0 Å². The Bertz CT molecular complexity index is 1260. The number of pyridine rings is 1. The van der Waals surface area contributed by atoms with Gasteiger partial charge in [-0.3, -0.25) is 9.89 Å². The number of ether oxygens (including phenoxy) is 1. The van der Waals surface area contributed by atoms with E-state index in [4.69, 9.17) is 16.3 Å². The Hall–Kier alpha value is -4.44. The summed E-state index contributed by atoms with van der Waals surface area (Å²) in [5.41, 5.74) is 0.799. The monoisotopic (exact) mass is 477 g/mol. The van der Waals surface area contributed by atoms with Crippen molar-refractivity contribution in [2.75, 3.05) is 10.6 Å². The van der Waals surface area contributed by atoms with Crippen molar-refractivity contribution in [3.63, 3.8) is 0 Å². The lowest BCUT2D eigenvalue weighted by Crippen LogP contribution is -2.28. The second kappa shape index (κ2) is 10.9. The fourth-order valence-electron chi connectivity index (χ4n) is 2.86. The summed E-state index contributed by atoms with van der Waals surface area (Å²) in [6, 6.07) is 18.6. The first-order valence-electron chi connectivity index (χ1n) is 10.2. The summed E-state index contributed by atoms with van der Waals surface area (Å²) in [4.78, 5) is 33.0. The van der Waals surface area contributed by atoms with Crippen molar-refractivity contribution in [1.29, 1.82) is 0 Å². The molecule has 2 heterocycles. The Morgan fingerprint density at radius 3 is 2.65 bits per heavy atom. The maximum absolute atomic E-state index is 12.5. The lowest BCUT2D eigenvalue weighted by Gasteiger charge is -2.09. The Balaban J connectivity index is 1.26. The highest BCUT2D eigenvalue weighted by molar-refractivity contribution is 6.30. The SMILES string of the molecule is O=C(NCc1n[nH]c(COc2ccccc2)n1)Nc1cccc(C(=O)Nc2ccc(Cl)cn2)c1. The van der Waals surface area contributed by atoms with E-state index in [0.29, 0.717) is 33.7 Å². The molecule has 0 radical (unpaired) electrons. The maximum atomic E-state index is 12.5. The normalized spacial score (nSPS) is 10.4. The van der Waals surface area contributed by atoms with Gasteiger partial charge in [0.25, 0.3) is 5.91 Å². The van der Waals surface area contributed by atoms with Crippen LogP contribution in [0.3, 0.4) is 0 Å². The second-order valence-electron chi connectivity index (χ2n) is 7.00. The molecule has 0 spiro atoms. The molecule has 4 N–H and O–H groups in total. The van der Waals surface area contributed by atoms with Gasteiger partial charge in [-0.25, -0.2) is 14.8 Å². The van der Waals surface area contributed by atoms with E-state index in [1.54, 1.807) is 36.4 Å². The van der Waals surface area contributed by atoms with E-state index in [-0.39, 0.29) is 19.1 Å². The van der Waals surface area contributed by atoms with E-state index in [1.165, 1.54) is 6.20 Å². The first-order chi connectivity index (χ1) is 16.5. The topological polar surface area (TPSA) is 134 Å². The number of H-pyrrole nitrogens is 1. The summed E-state index contributed by atoms with van der Waals surface area (Å²) in [6.45, 7) is 0.333. The van der Waals surface area contributed by atoms with Gasteiger partial charge >= 0.3 is 6.03 Å². The maximum Gasteiger partial charge on any atom is 0.319 e. The number of para-hydroxylation sites is 1. The number of anilines is 2. The van der Waals surface area contributed by atoms with Gasteiger partial charge in [-0.15, -0.1) is 0 Å². The van der Waals surface area contributed by atoms with Crippen LogP contribution < -0.4 is 20.7 Å². The zero-order chi connectivity index (χ0) is 23.8. The van der Waals surface area contributed by atoms with Crippen LogP contribution in [0.5, 0.6) is 5.75 Å². The average molecular weight is 478 g/mol. The van der Waals surface area contributed by atoms with Gasteiger partial charge in [0.1, 0.15) is 18.2 Å². The molecule has 4 rings (SSSR count). The standard InChI is InChI=1S/C23H20ClN7O3/c24-16-9-10-19(25-12-16)29-22(32)15-5-4-6-17(11-15)27-23(33)26-13-20-28-21(31-30-20)14-34-18-7-2-1-3-8-18/h1-12H,13-14H2,(H,25,29,32)(H2,26,27,33)(H,28,30,31). The van der Waals surface area contributed by atoms with Gasteiger partial charge < -0.3 is 20.7 Å². The largest absolute Gasteiger partial charge is 0.486 e. The molecule has 4 aromatic rings. The molecule has 0 fully saturated rings. The Morgan fingerprint density at radius 2 is 1.85 bits per heavy atom. The third-order valence-corrected chi connectivity index (χ3v) is 4.68. The Labute approximate surface area is 199 Å². The number of rotatable bonds is 8. The molecule has 0 saturated heterocycles. The van der Waals surface area contributed by atoms with Crippen LogP contribution in [-0.4, -0.2) is 32.1 Å². The summed E-state index contributed by atoms with van der Waals surface area (Å²) in [7, 11) is 0.